The summed E-state index contributed by atoms with van der Waals surface area (Å²) in [5.41, 5.74) is 0.596. The highest BCUT2D eigenvalue weighted by atomic mass is 32.2. The fourth-order valence-corrected chi connectivity index (χ4v) is 4.41. The van der Waals surface area contributed by atoms with Gasteiger partial charge in [-0.2, -0.15) is 0 Å². The van der Waals surface area contributed by atoms with E-state index in [2.05, 4.69) is 19.9 Å². The largest absolute Gasteiger partial charge is 0.352 e. The molecule has 27 heavy (non-hydrogen) atoms. The lowest BCUT2D eigenvalue weighted by Crippen LogP contribution is -2.37. The van der Waals surface area contributed by atoms with E-state index in [-0.39, 0.29) is 4.90 Å². The van der Waals surface area contributed by atoms with Crippen molar-refractivity contribution in [1.29, 1.82) is 0 Å². The van der Waals surface area contributed by atoms with Gasteiger partial charge in [-0.25, -0.2) is 26.9 Å². The molecule has 3 heterocycles. The summed E-state index contributed by atoms with van der Waals surface area (Å²) in [6, 6.07) is 2.11. The van der Waals surface area contributed by atoms with E-state index in [0.717, 1.165) is 18.0 Å². The highest BCUT2D eigenvalue weighted by Crippen LogP contribution is 2.23. The van der Waals surface area contributed by atoms with Crippen LogP contribution in [-0.2, 0) is 10.0 Å². The van der Waals surface area contributed by atoms with Gasteiger partial charge in [-0.1, -0.05) is 0 Å². The molecule has 142 valence electrons. The Balaban J connectivity index is 1.53. The number of anilines is 1. The zero-order chi connectivity index (χ0) is 19.2. The molecular formula is C16H16F2N6O2S. The van der Waals surface area contributed by atoms with Crippen molar-refractivity contribution in [2.75, 3.05) is 18.0 Å². The molecule has 0 spiro atoms. The number of sulfonamides is 1. The minimum absolute atomic E-state index is 0.312. The lowest BCUT2D eigenvalue weighted by atomic mass is 10.3. The van der Waals surface area contributed by atoms with Crippen LogP contribution in [0.15, 0.2) is 35.5 Å². The van der Waals surface area contributed by atoms with Gasteiger partial charge in [0.2, 0.25) is 15.7 Å². The molecule has 0 aliphatic carbocycles. The zero-order valence-electron chi connectivity index (χ0n) is 14.3. The molecule has 4 rings (SSSR count). The Bertz CT molecular complexity index is 1120. The molecular weight excluding hydrogens is 378 g/mol. The van der Waals surface area contributed by atoms with Gasteiger partial charge < -0.3 is 4.90 Å². The van der Waals surface area contributed by atoms with E-state index in [1.165, 1.54) is 0 Å². The predicted octanol–water partition coefficient (Wildman–Crippen LogP) is 1.27. The fourth-order valence-electron chi connectivity index (χ4n) is 3.13. The maximum absolute atomic E-state index is 13.4. The number of nitrogens with one attached hydrogen (secondary N) is 1. The van der Waals surface area contributed by atoms with Crippen molar-refractivity contribution in [3.8, 4) is 0 Å². The van der Waals surface area contributed by atoms with Crippen LogP contribution in [0.4, 0.5) is 14.6 Å². The number of rotatable bonds is 4. The van der Waals surface area contributed by atoms with E-state index in [0.29, 0.717) is 37.0 Å². The van der Waals surface area contributed by atoms with Crippen LogP contribution in [0.3, 0.4) is 0 Å². The van der Waals surface area contributed by atoms with Crippen LogP contribution in [0, 0.1) is 18.6 Å². The summed E-state index contributed by atoms with van der Waals surface area (Å²) in [5, 5.41) is 8.15. The summed E-state index contributed by atoms with van der Waals surface area (Å²) in [4.78, 5) is 5.95. The van der Waals surface area contributed by atoms with Crippen LogP contribution in [0.5, 0.6) is 0 Å². The molecule has 8 nitrogen and oxygen atoms in total. The summed E-state index contributed by atoms with van der Waals surface area (Å²) in [7, 11) is -3.96. The Morgan fingerprint density at radius 2 is 2.04 bits per heavy atom. The average molecular weight is 394 g/mol. The second-order valence-corrected chi connectivity index (χ2v) is 8.03. The monoisotopic (exact) mass is 394 g/mol. The molecule has 1 fully saturated rings. The highest BCUT2D eigenvalue weighted by molar-refractivity contribution is 7.89. The van der Waals surface area contributed by atoms with Gasteiger partial charge in [-0.05, 0) is 31.5 Å². The van der Waals surface area contributed by atoms with Gasteiger partial charge in [0.1, 0.15) is 5.82 Å². The van der Waals surface area contributed by atoms with Crippen LogP contribution in [-0.4, -0.2) is 47.1 Å². The Morgan fingerprint density at radius 3 is 2.81 bits per heavy atom. The molecule has 1 aliphatic rings. The normalized spacial score (nSPS) is 17.7. The highest BCUT2D eigenvalue weighted by Gasteiger charge is 2.30. The number of nitrogens with zero attached hydrogens (tertiary/aromatic N) is 5. The molecule has 1 saturated heterocycles. The van der Waals surface area contributed by atoms with Gasteiger partial charge in [0.15, 0.2) is 17.5 Å². The first kappa shape index (κ1) is 17.7. The van der Waals surface area contributed by atoms with E-state index in [1.807, 2.05) is 11.8 Å². The first-order valence-corrected chi connectivity index (χ1v) is 9.72. The number of benzene rings is 1. The van der Waals surface area contributed by atoms with Gasteiger partial charge in [-0.15, -0.1) is 10.2 Å². The average Bonchev–Trinajstić information content (AvgIpc) is 3.24. The molecule has 3 aromatic rings. The van der Waals surface area contributed by atoms with Crippen LogP contribution >= 0.6 is 0 Å². The van der Waals surface area contributed by atoms with Crippen molar-refractivity contribution >= 4 is 21.5 Å². The minimum atomic E-state index is -3.96. The van der Waals surface area contributed by atoms with Crippen molar-refractivity contribution in [2.24, 2.45) is 0 Å². The molecule has 0 radical (unpaired) electrons. The molecule has 11 heteroatoms. The molecule has 1 atom stereocenters. The Kier molecular flexibility index (Phi) is 4.27. The van der Waals surface area contributed by atoms with E-state index in [4.69, 9.17) is 0 Å². The molecule has 0 bridgehead atoms. The number of hydrogen-bond donors (Lipinski definition) is 1. The Morgan fingerprint density at radius 1 is 1.22 bits per heavy atom. The van der Waals surface area contributed by atoms with Crippen LogP contribution in [0.1, 0.15) is 12.2 Å². The van der Waals surface area contributed by atoms with Gasteiger partial charge in [0, 0.05) is 31.5 Å². The Labute approximate surface area is 153 Å². The van der Waals surface area contributed by atoms with Crippen molar-refractivity contribution in [3.05, 3.63) is 48.1 Å². The summed E-state index contributed by atoms with van der Waals surface area (Å²) in [6.07, 6.45) is 3.93. The maximum Gasteiger partial charge on any atom is 0.240 e. The SMILES string of the molecule is Cc1nnc2c(N3CC[C@H](NS(=O)(=O)c4ccc(F)c(F)c4)C3)nccn12. The van der Waals surface area contributed by atoms with E-state index < -0.39 is 27.7 Å². The second-order valence-electron chi connectivity index (χ2n) is 6.32. The Hall–Kier alpha value is -2.66. The van der Waals surface area contributed by atoms with Crippen molar-refractivity contribution in [3.63, 3.8) is 0 Å². The number of halogens is 2. The van der Waals surface area contributed by atoms with Crippen LogP contribution < -0.4 is 9.62 Å². The minimum Gasteiger partial charge on any atom is -0.352 e. The summed E-state index contributed by atoms with van der Waals surface area (Å²) in [5.74, 6) is -0.955. The maximum atomic E-state index is 13.4. The van der Waals surface area contributed by atoms with Gasteiger partial charge in [0.25, 0.3) is 0 Å². The smallest absolute Gasteiger partial charge is 0.240 e. The molecule has 0 amide bonds. The van der Waals surface area contributed by atoms with Crippen LogP contribution in [0.2, 0.25) is 0 Å². The standard InChI is InChI=1S/C16H16F2N6O2S/c1-10-20-21-16-15(19-5-7-24(10)16)23-6-4-11(9-23)22-27(25,26)12-2-3-13(17)14(18)8-12/h2-3,5,7-8,11,22H,4,6,9H2,1H3/t11-/m0/s1. The first-order chi connectivity index (χ1) is 12.8. The third-order valence-corrected chi connectivity index (χ3v) is 6.01. The van der Waals surface area contributed by atoms with Gasteiger partial charge in [0.05, 0.1) is 4.90 Å². The first-order valence-electron chi connectivity index (χ1n) is 8.24. The third-order valence-electron chi connectivity index (χ3n) is 4.49. The number of aromatic nitrogens is 4. The molecule has 1 aliphatic heterocycles. The summed E-state index contributed by atoms with van der Waals surface area (Å²) >= 11 is 0. The van der Waals surface area contributed by atoms with E-state index in [1.54, 1.807) is 16.8 Å². The number of hydrogen-bond acceptors (Lipinski definition) is 6. The third kappa shape index (κ3) is 3.23. The summed E-state index contributed by atoms with van der Waals surface area (Å²) < 4.78 is 55.6. The molecule has 2 aromatic heterocycles. The second kappa shape index (κ2) is 6.50. The fraction of sp³-hybridized carbons (Fsp3) is 0.312. The molecule has 0 unspecified atom stereocenters. The molecule has 0 saturated carbocycles. The number of fused-ring (bicyclic) bond motifs is 1. The number of aryl methyl sites for hydroxylation is 1. The summed E-state index contributed by atoms with van der Waals surface area (Å²) in [6.45, 7) is 2.78. The van der Waals surface area contributed by atoms with Gasteiger partial charge in [-0.3, -0.25) is 4.40 Å². The quantitative estimate of drug-likeness (QED) is 0.716. The zero-order valence-corrected chi connectivity index (χ0v) is 15.1. The van der Waals surface area contributed by atoms with Crippen molar-refractivity contribution < 1.29 is 17.2 Å². The topological polar surface area (TPSA) is 92.5 Å². The van der Waals surface area contributed by atoms with Crippen LogP contribution in [0.25, 0.3) is 5.65 Å². The molecule has 1 N–H and O–H groups in total. The predicted molar refractivity (Wildman–Crippen MR) is 92.8 cm³/mol. The van der Waals surface area contributed by atoms with E-state index >= 15 is 0 Å². The van der Waals surface area contributed by atoms with Crippen molar-refractivity contribution in [2.45, 2.75) is 24.3 Å². The van der Waals surface area contributed by atoms with Crippen molar-refractivity contribution in [1.82, 2.24) is 24.3 Å². The molecule has 1 aromatic carbocycles. The van der Waals surface area contributed by atoms with E-state index in [9.17, 15) is 17.2 Å². The lowest BCUT2D eigenvalue weighted by Gasteiger charge is -2.18. The lowest BCUT2D eigenvalue weighted by molar-refractivity contribution is 0.503. The van der Waals surface area contributed by atoms with Gasteiger partial charge >= 0.3 is 0 Å².